The standard InChI is InChI=1S/C20H34/c1-2-8-15(9-3-1)20-14-16-10-4-5-11-17(16)18-12-6-7-13-19(18)20/h15-20H,1-14H2/t16?,17-,18?,19?,20?/m1/s1. The Labute approximate surface area is 126 Å². The van der Waals surface area contributed by atoms with E-state index in [0.717, 1.165) is 35.5 Å². The summed E-state index contributed by atoms with van der Waals surface area (Å²) in [6.45, 7) is 0. The van der Waals surface area contributed by atoms with Crippen LogP contribution in [-0.2, 0) is 0 Å². The summed E-state index contributed by atoms with van der Waals surface area (Å²) in [6, 6.07) is 0. The van der Waals surface area contributed by atoms with E-state index < -0.39 is 0 Å². The Kier molecular flexibility index (Phi) is 4.10. The summed E-state index contributed by atoms with van der Waals surface area (Å²) < 4.78 is 0. The average Bonchev–Trinajstić information content (AvgIpc) is 2.55. The summed E-state index contributed by atoms with van der Waals surface area (Å²) in [5.41, 5.74) is 0. The van der Waals surface area contributed by atoms with Gasteiger partial charge >= 0.3 is 0 Å². The molecule has 0 aromatic carbocycles. The second-order valence-electron chi connectivity index (χ2n) is 8.62. The molecule has 4 rings (SSSR count). The summed E-state index contributed by atoms with van der Waals surface area (Å²) in [6.07, 6.45) is 22.1. The number of hydrogen-bond acceptors (Lipinski definition) is 0. The van der Waals surface area contributed by atoms with E-state index in [4.69, 9.17) is 0 Å². The summed E-state index contributed by atoms with van der Waals surface area (Å²) in [7, 11) is 0. The molecule has 20 heavy (non-hydrogen) atoms. The van der Waals surface area contributed by atoms with Gasteiger partial charge in [-0.15, -0.1) is 0 Å². The van der Waals surface area contributed by atoms with Crippen molar-refractivity contribution in [3.8, 4) is 0 Å². The molecule has 0 heteroatoms. The van der Waals surface area contributed by atoms with Crippen LogP contribution in [0.4, 0.5) is 0 Å². The summed E-state index contributed by atoms with van der Waals surface area (Å²) in [5.74, 6) is 6.92. The molecule has 0 aromatic rings. The van der Waals surface area contributed by atoms with Gasteiger partial charge in [0.05, 0.1) is 0 Å². The minimum atomic E-state index is 1.14. The van der Waals surface area contributed by atoms with Gasteiger partial charge in [0.15, 0.2) is 0 Å². The highest BCUT2D eigenvalue weighted by Crippen LogP contribution is 2.56. The van der Waals surface area contributed by atoms with Crippen LogP contribution in [0.15, 0.2) is 0 Å². The third-order valence-corrected chi connectivity index (χ3v) is 7.77. The van der Waals surface area contributed by atoms with Crippen molar-refractivity contribution in [2.45, 2.75) is 89.9 Å². The molecule has 114 valence electrons. The fourth-order valence-electron chi connectivity index (χ4n) is 6.97. The fourth-order valence-corrected chi connectivity index (χ4v) is 6.97. The van der Waals surface area contributed by atoms with Crippen LogP contribution in [0.5, 0.6) is 0 Å². The highest BCUT2D eigenvalue weighted by molar-refractivity contribution is 4.97. The van der Waals surface area contributed by atoms with Gasteiger partial charge in [0.1, 0.15) is 0 Å². The first-order valence-electron chi connectivity index (χ1n) is 9.93. The molecule has 0 aromatic heterocycles. The van der Waals surface area contributed by atoms with E-state index in [9.17, 15) is 0 Å². The quantitative estimate of drug-likeness (QED) is 0.534. The zero-order valence-electron chi connectivity index (χ0n) is 13.4. The van der Waals surface area contributed by atoms with E-state index >= 15 is 0 Å². The van der Waals surface area contributed by atoms with Crippen molar-refractivity contribution >= 4 is 0 Å². The zero-order chi connectivity index (χ0) is 13.4. The second-order valence-corrected chi connectivity index (χ2v) is 8.62. The van der Waals surface area contributed by atoms with Crippen molar-refractivity contribution in [3.63, 3.8) is 0 Å². The Morgan fingerprint density at radius 3 is 1.60 bits per heavy atom. The van der Waals surface area contributed by atoms with E-state index in [1.54, 1.807) is 83.5 Å². The molecule has 5 atom stereocenters. The third-order valence-electron chi connectivity index (χ3n) is 7.77. The summed E-state index contributed by atoms with van der Waals surface area (Å²) in [4.78, 5) is 0. The van der Waals surface area contributed by atoms with Gasteiger partial charge in [-0.2, -0.15) is 0 Å². The Hall–Kier alpha value is 0. The molecule has 0 aliphatic heterocycles. The lowest BCUT2D eigenvalue weighted by Gasteiger charge is -2.54. The van der Waals surface area contributed by atoms with Crippen LogP contribution >= 0.6 is 0 Å². The molecular formula is C20H34. The van der Waals surface area contributed by atoms with E-state index in [0.29, 0.717) is 0 Å². The van der Waals surface area contributed by atoms with Crippen molar-refractivity contribution < 1.29 is 0 Å². The lowest BCUT2D eigenvalue weighted by Crippen LogP contribution is -2.45. The molecule has 4 saturated carbocycles. The van der Waals surface area contributed by atoms with E-state index in [-0.39, 0.29) is 0 Å². The third kappa shape index (κ3) is 2.46. The molecule has 0 bridgehead atoms. The Morgan fingerprint density at radius 2 is 0.850 bits per heavy atom. The number of hydrogen-bond donors (Lipinski definition) is 0. The predicted molar refractivity (Wildman–Crippen MR) is 85.6 cm³/mol. The van der Waals surface area contributed by atoms with Gasteiger partial charge in [0, 0.05) is 0 Å². The molecule has 4 fully saturated rings. The number of fused-ring (bicyclic) bond motifs is 3. The molecule has 0 spiro atoms. The van der Waals surface area contributed by atoms with Gasteiger partial charge in [-0.05, 0) is 61.2 Å². The Balaban J connectivity index is 1.54. The van der Waals surface area contributed by atoms with Gasteiger partial charge in [-0.25, -0.2) is 0 Å². The SMILES string of the molecule is C1CCC(C2CC3CCCC[C@H]3C3CCCCC23)CC1. The van der Waals surface area contributed by atoms with Gasteiger partial charge in [0.2, 0.25) is 0 Å². The lowest BCUT2D eigenvalue weighted by atomic mass is 9.51. The number of rotatable bonds is 1. The molecule has 4 aliphatic carbocycles. The molecule has 0 amide bonds. The maximum absolute atomic E-state index is 1.65. The van der Waals surface area contributed by atoms with Crippen molar-refractivity contribution in [1.82, 2.24) is 0 Å². The highest BCUT2D eigenvalue weighted by atomic mass is 14.5. The van der Waals surface area contributed by atoms with E-state index in [2.05, 4.69) is 0 Å². The first-order chi connectivity index (χ1) is 9.93. The van der Waals surface area contributed by atoms with Crippen LogP contribution in [0.2, 0.25) is 0 Å². The van der Waals surface area contributed by atoms with Crippen LogP contribution in [0, 0.1) is 35.5 Å². The van der Waals surface area contributed by atoms with Crippen LogP contribution in [0.3, 0.4) is 0 Å². The van der Waals surface area contributed by atoms with Crippen LogP contribution < -0.4 is 0 Å². The zero-order valence-corrected chi connectivity index (χ0v) is 13.4. The van der Waals surface area contributed by atoms with Gasteiger partial charge < -0.3 is 0 Å². The van der Waals surface area contributed by atoms with Gasteiger partial charge in [-0.1, -0.05) is 64.2 Å². The Morgan fingerprint density at radius 1 is 0.350 bits per heavy atom. The first-order valence-corrected chi connectivity index (χ1v) is 9.93. The predicted octanol–water partition coefficient (Wildman–Crippen LogP) is 6.20. The molecule has 0 N–H and O–H groups in total. The molecule has 0 heterocycles. The second kappa shape index (κ2) is 6.01. The topological polar surface area (TPSA) is 0 Å². The first kappa shape index (κ1) is 13.6. The normalized spacial score (nSPS) is 46.5. The molecule has 0 radical (unpaired) electrons. The summed E-state index contributed by atoms with van der Waals surface area (Å²) in [5, 5.41) is 0. The lowest BCUT2D eigenvalue weighted by molar-refractivity contribution is -0.0418. The molecular weight excluding hydrogens is 240 g/mol. The minimum Gasteiger partial charge on any atom is -0.0533 e. The van der Waals surface area contributed by atoms with Gasteiger partial charge in [0.25, 0.3) is 0 Å². The van der Waals surface area contributed by atoms with E-state index in [1.165, 1.54) is 6.42 Å². The highest BCUT2D eigenvalue weighted by Gasteiger charge is 2.47. The van der Waals surface area contributed by atoms with Gasteiger partial charge in [-0.3, -0.25) is 0 Å². The Bertz CT molecular complexity index is 311. The average molecular weight is 274 g/mol. The van der Waals surface area contributed by atoms with Crippen LogP contribution in [-0.4, -0.2) is 0 Å². The summed E-state index contributed by atoms with van der Waals surface area (Å²) >= 11 is 0. The smallest absolute Gasteiger partial charge is 0.0352 e. The van der Waals surface area contributed by atoms with Crippen LogP contribution in [0.1, 0.15) is 89.9 Å². The minimum absolute atomic E-state index is 1.14. The molecule has 0 nitrogen and oxygen atoms in total. The fraction of sp³-hybridized carbons (Fsp3) is 1.00. The maximum Gasteiger partial charge on any atom is -0.0352 e. The monoisotopic (exact) mass is 274 g/mol. The molecule has 0 saturated heterocycles. The van der Waals surface area contributed by atoms with Crippen molar-refractivity contribution in [2.24, 2.45) is 35.5 Å². The maximum atomic E-state index is 1.65. The molecule has 4 unspecified atom stereocenters. The molecule has 4 aliphatic rings. The largest absolute Gasteiger partial charge is 0.0533 e. The van der Waals surface area contributed by atoms with Crippen molar-refractivity contribution in [2.75, 3.05) is 0 Å². The van der Waals surface area contributed by atoms with Crippen LogP contribution in [0.25, 0.3) is 0 Å². The van der Waals surface area contributed by atoms with Crippen molar-refractivity contribution in [1.29, 1.82) is 0 Å². The van der Waals surface area contributed by atoms with Crippen molar-refractivity contribution in [3.05, 3.63) is 0 Å². The van der Waals surface area contributed by atoms with E-state index in [1.807, 2.05) is 0 Å².